The van der Waals surface area contributed by atoms with Gasteiger partial charge < -0.3 is 11.1 Å². The quantitative estimate of drug-likeness (QED) is 0.720. The molecule has 3 N–H and O–H groups in total. The molecule has 1 rings (SSSR count). The molecule has 0 aliphatic rings. The number of nitrogens with zero attached hydrogens (tertiary/aromatic N) is 2. The number of nitrogens with two attached hydrogens (primary N) is 1. The van der Waals surface area contributed by atoms with Crippen LogP contribution in [0.2, 0.25) is 0 Å². The average molecular weight is 180 g/mol. The molecule has 0 radical (unpaired) electrons. The first-order valence-corrected chi connectivity index (χ1v) is 4.09. The monoisotopic (exact) mass is 180 g/mol. The fourth-order valence-electron chi connectivity index (χ4n) is 0.874. The molecule has 1 heterocycles. The average Bonchev–Trinajstić information content (AvgIpc) is 2.04. The molecule has 0 fully saturated rings. The van der Waals surface area contributed by atoms with E-state index < -0.39 is 0 Å². The molecule has 1 aromatic heterocycles. The summed E-state index contributed by atoms with van der Waals surface area (Å²) in [6.45, 7) is 1.94. The van der Waals surface area contributed by atoms with E-state index in [9.17, 15) is 4.79 Å². The van der Waals surface area contributed by atoms with Crippen LogP contribution in [-0.2, 0) is 4.79 Å². The summed E-state index contributed by atoms with van der Waals surface area (Å²) in [5, 5.41) is 2.59. The maximum Gasteiger partial charge on any atom is 0.225 e. The molecule has 5 heteroatoms. The van der Waals surface area contributed by atoms with E-state index in [0.717, 1.165) is 6.42 Å². The van der Waals surface area contributed by atoms with E-state index in [4.69, 9.17) is 5.73 Å². The predicted octanol–water partition coefficient (Wildman–Crippen LogP) is 0.797. The zero-order valence-corrected chi connectivity index (χ0v) is 7.45. The molecule has 13 heavy (non-hydrogen) atoms. The largest absolute Gasteiger partial charge is 0.382 e. The Morgan fingerprint density at radius 3 is 3.00 bits per heavy atom. The Labute approximate surface area is 76.4 Å². The maximum absolute atomic E-state index is 11.1. The highest BCUT2D eigenvalue weighted by Crippen LogP contribution is 2.03. The first kappa shape index (κ1) is 9.44. The van der Waals surface area contributed by atoms with Crippen LogP contribution >= 0.6 is 0 Å². The van der Waals surface area contributed by atoms with E-state index in [-0.39, 0.29) is 5.91 Å². The van der Waals surface area contributed by atoms with Crippen LogP contribution in [0.4, 0.5) is 11.6 Å². The Balaban J connectivity index is 2.58. The number of amides is 1. The van der Waals surface area contributed by atoms with Crippen LogP contribution in [0.25, 0.3) is 0 Å². The summed E-state index contributed by atoms with van der Waals surface area (Å²) in [5.41, 5.74) is 5.38. The number of aromatic nitrogens is 2. The van der Waals surface area contributed by atoms with Gasteiger partial charge in [0, 0.05) is 6.42 Å². The standard InChI is InChI=1S/C8H12N4O/c1-2-3-8(13)12-7-5-10-4-6(9)11-7/h4-5H,2-3H2,1H3,(H3,9,11,12,13). The van der Waals surface area contributed by atoms with Crippen LogP contribution in [-0.4, -0.2) is 15.9 Å². The number of carbonyl (C=O) groups excluding carboxylic acids is 1. The molecule has 0 aromatic carbocycles. The molecule has 1 aromatic rings. The minimum atomic E-state index is -0.0672. The van der Waals surface area contributed by atoms with Gasteiger partial charge in [-0.15, -0.1) is 0 Å². The fraction of sp³-hybridized carbons (Fsp3) is 0.375. The van der Waals surface area contributed by atoms with Crippen LogP contribution in [0.5, 0.6) is 0 Å². The number of anilines is 2. The summed E-state index contributed by atoms with van der Waals surface area (Å²) in [6.07, 6.45) is 4.18. The van der Waals surface area contributed by atoms with Crippen molar-refractivity contribution in [1.82, 2.24) is 9.97 Å². The Bertz CT molecular complexity index is 300. The first-order valence-electron chi connectivity index (χ1n) is 4.09. The third-order valence-electron chi connectivity index (χ3n) is 1.40. The number of rotatable bonds is 3. The van der Waals surface area contributed by atoms with Crippen molar-refractivity contribution in [1.29, 1.82) is 0 Å². The highest BCUT2D eigenvalue weighted by Gasteiger charge is 2.01. The molecule has 5 nitrogen and oxygen atoms in total. The van der Waals surface area contributed by atoms with Gasteiger partial charge in [-0.2, -0.15) is 0 Å². The van der Waals surface area contributed by atoms with Crippen molar-refractivity contribution in [3.63, 3.8) is 0 Å². The Hall–Kier alpha value is -1.65. The second-order valence-electron chi connectivity index (χ2n) is 2.63. The Morgan fingerprint density at radius 2 is 2.38 bits per heavy atom. The van der Waals surface area contributed by atoms with Gasteiger partial charge >= 0.3 is 0 Å². The van der Waals surface area contributed by atoms with E-state index in [1.807, 2.05) is 6.92 Å². The summed E-state index contributed by atoms with van der Waals surface area (Å²) in [6, 6.07) is 0. The van der Waals surface area contributed by atoms with Crippen molar-refractivity contribution in [2.45, 2.75) is 19.8 Å². The van der Waals surface area contributed by atoms with Gasteiger partial charge in [-0.3, -0.25) is 9.78 Å². The lowest BCUT2D eigenvalue weighted by atomic mass is 10.3. The van der Waals surface area contributed by atoms with Gasteiger partial charge in [-0.1, -0.05) is 6.92 Å². The van der Waals surface area contributed by atoms with E-state index in [0.29, 0.717) is 18.1 Å². The molecule has 0 spiro atoms. The Morgan fingerprint density at radius 1 is 1.62 bits per heavy atom. The second-order valence-corrected chi connectivity index (χ2v) is 2.63. The van der Waals surface area contributed by atoms with Crippen molar-refractivity contribution in [3.05, 3.63) is 12.4 Å². The first-order chi connectivity index (χ1) is 6.22. The zero-order valence-electron chi connectivity index (χ0n) is 7.45. The number of carbonyl (C=O) groups is 1. The molecular weight excluding hydrogens is 168 g/mol. The SMILES string of the molecule is CCCC(=O)Nc1cncc(N)n1. The minimum Gasteiger partial charge on any atom is -0.382 e. The molecule has 1 amide bonds. The molecule has 0 saturated heterocycles. The van der Waals surface area contributed by atoms with E-state index in [1.165, 1.54) is 12.4 Å². The molecule has 0 aliphatic carbocycles. The van der Waals surface area contributed by atoms with Gasteiger partial charge in [-0.25, -0.2) is 4.98 Å². The van der Waals surface area contributed by atoms with Gasteiger partial charge in [0.1, 0.15) is 5.82 Å². The van der Waals surface area contributed by atoms with Crippen LogP contribution in [0.1, 0.15) is 19.8 Å². The number of nitrogen functional groups attached to an aromatic ring is 1. The highest BCUT2D eigenvalue weighted by molar-refractivity contribution is 5.89. The molecule has 0 bridgehead atoms. The lowest BCUT2D eigenvalue weighted by Crippen LogP contribution is -2.12. The Kier molecular flexibility index (Phi) is 3.19. The lowest BCUT2D eigenvalue weighted by molar-refractivity contribution is -0.116. The van der Waals surface area contributed by atoms with Gasteiger partial charge in [0.25, 0.3) is 0 Å². The molecular formula is C8H12N4O. The molecule has 0 aliphatic heterocycles. The van der Waals surface area contributed by atoms with Gasteiger partial charge in [0.2, 0.25) is 5.91 Å². The molecule has 0 atom stereocenters. The van der Waals surface area contributed by atoms with E-state index in [2.05, 4.69) is 15.3 Å². The predicted molar refractivity (Wildman–Crippen MR) is 50.0 cm³/mol. The normalized spacial score (nSPS) is 9.62. The molecule has 70 valence electrons. The topological polar surface area (TPSA) is 80.9 Å². The summed E-state index contributed by atoms with van der Waals surface area (Å²) in [7, 11) is 0. The fourth-order valence-corrected chi connectivity index (χ4v) is 0.874. The third-order valence-corrected chi connectivity index (χ3v) is 1.40. The smallest absolute Gasteiger partial charge is 0.225 e. The van der Waals surface area contributed by atoms with Gasteiger partial charge in [0.15, 0.2) is 5.82 Å². The third kappa shape index (κ3) is 3.06. The van der Waals surface area contributed by atoms with Crippen LogP contribution < -0.4 is 11.1 Å². The van der Waals surface area contributed by atoms with Crippen molar-refractivity contribution in [2.75, 3.05) is 11.1 Å². The summed E-state index contributed by atoms with van der Waals surface area (Å²) >= 11 is 0. The second kappa shape index (κ2) is 4.39. The van der Waals surface area contributed by atoms with Crippen molar-refractivity contribution in [3.8, 4) is 0 Å². The minimum absolute atomic E-state index is 0.0672. The van der Waals surface area contributed by atoms with E-state index >= 15 is 0 Å². The van der Waals surface area contributed by atoms with Crippen molar-refractivity contribution < 1.29 is 4.79 Å². The maximum atomic E-state index is 11.1. The number of hydrogen-bond donors (Lipinski definition) is 2. The molecule has 0 saturated carbocycles. The number of hydrogen-bond acceptors (Lipinski definition) is 4. The van der Waals surface area contributed by atoms with Crippen molar-refractivity contribution >= 4 is 17.5 Å². The summed E-state index contributed by atoms with van der Waals surface area (Å²) in [5.74, 6) is 0.634. The van der Waals surface area contributed by atoms with Crippen molar-refractivity contribution in [2.24, 2.45) is 0 Å². The summed E-state index contributed by atoms with van der Waals surface area (Å²) < 4.78 is 0. The number of nitrogens with one attached hydrogen (secondary N) is 1. The zero-order chi connectivity index (χ0) is 9.68. The molecule has 0 unspecified atom stereocenters. The highest BCUT2D eigenvalue weighted by atomic mass is 16.1. The van der Waals surface area contributed by atoms with Gasteiger partial charge in [0.05, 0.1) is 12.4 Å². The van der Waals surface area contributed by atoms with Crippen LogP contribution in [0.3, 0.4) is 0 Å². The summed E-state index contributed by atoms with van der Waals surface area (Å²) in [4.78, 5) is 18.8. The lowest BCUT2D eigenvalue weighted by Gasteiger charge is -2.02. The van der Waals surface area contributed by atoms with Gasteiger partial charge in [-0.05, 0) is 6.42 Å². The van der Waals surface area contributed by atoms with Crippen LogP contribution in [0, 0.1) is 0 Å². The van der Waals surface area contributed by atoms with Crippen LogP contribution in [0.15, 0.2) is 12.4 Å². The van der Waals surface area contributed by atoms with E-state index in [1.54, 1.807) is 0 Å².